The van der Waals surface area contributed by atoms with Gasteiger partial charge in [0.1, 0.15) is 18.3 Å². The summed E-state index contributed by atoms with van der Waals surface area (Å²) in [7, 11) is 0. The molecule has 4 heteroatoms. The maximum Gasteiger partial charge on any atom is 0.115 e. The van der Waals surface area contributed by atoms with Crippen LogP contribution in [0.15, 0.2) is 91.0 Å². The molecule has 1 fully saturated rings. The molecule has 0 amide bonds. The number of benzene rings is 3. The predicted octanol–water partition coefficient (Wildman–Crippen LogP) is 5.16. The predicted molar refractivity (Wildman–Crippen MR) is 120 cm³/mol. The molecular weight excluding hydrogens is 388 g/mol. The summed E-state index contributed by atoms with van der Waals surface area (Å²) >= 11 is 0. The number of rotatable bonds is 10. The molecule has 4 nitrogen and oxygen atoms in total. The van der Waals surface area contributed by atoms with E-state index in [0.717, 1.165) is 16.7 Å². The van der Waals surface area contributed by atoms with Crippen molar-refractivity contribution in [3.8, 4) is 0 Å². The van der Waals surface area contributed by atoms with Gasteiger partial charge in [0.15, 0.2) is 0 Å². The van der Waals surface area contributed by atoms with Crippen molar-refractivity contribution >= 4 is 0 Å². The van der Waals surface area contributed by atoms with E-state index in [2.05, 4.69) is 36.4 Å². The summed E-state index contributed by atoms with van der Waals surface area (Å²) in [5.41, 5.74) is 3.42. The molecule has 3 aromatic rings. The first-order valence-electron chi connectivity index (χ1n) is 10.9. The van der Waals surface area contributed by atoms with Crippen molar-refractivity contribution < 1.29 is 18.9 Å². The molecule has 0 radical (unpaired) electrons. The summed E-state index contributed by atoms with van der Waals surface area (Å²) in [6, 6.07) is 30.6. The summed E-state index contributed by atoms with van der Waals surface area (Å²) in [4.78, 5) is 0. The van der Waals surface area contributed by atoms with Crippen LogP contribution in [-0.2, 0) is 38.8 Å². The molecule has 0 N–H and O–H groups in total. The van der Waals surface area contributed by atoms with Gasteiger partial charge in [-0.15, -0.1) is 0 Å². The molecule has 0 aromatic heterocycles. The quantitative estimate of drug-likeness (QED) is 0.456. The molecule has 1 aliphatic rings. The van der Waals surface area contributed by atoms with Crippen molar-refractivity contribution in [1.82, 2.24) is 0 Å². The van der Waals surface area contributed by atoms with E-state index >= 15 is 0 Å². The Hall–Kier alpha value is -2.50. The van der Waals surface area contributed by atoms with E-state index in [1.807, 2.05) is 61.5 Å². The van der Waals surface area contributed by atoms with Crippen molar-refractivity contribution in [2.75, 3.05) is 6.61 Å². The third kappa shape index (κ3) is 6.25. The highest BCUT2D eigenvalue weighted by molar-refractivity contribution is 5.15. The van der Waals surface area contributed by atoms with E-state index in [9.17, 15) is 0 Å². The van der Waals surface area contributed by atoms with Crippen molar-refractivity contribution in [3.05, 3.63) is 108 Å². The van der Waals surface area contributed by atoms with Crippen molar-refractivity contribution in [3.63, 3.8) is 0 Å². The van der Waals surface area contributed by atoms with E-state index in [-0.39, 0.29) is 24.4 Å². The van der Waals surface area contributed by atoms with Crippen LogP contribution in [0.4, 0.5) is 0 Å². The molecule has 31 heavy (non-hydrogen) atoms. The van der Waals surface area contributed by atoms with Crippen LogP contribution in [-0.4, -0.2) is 31.0 Å². The second-order valence-corrected chi connectivity index (χ2v) is 7.90. The molecule has 4 rings (SSSR count). The van der Waals surface area contributed by atoms with Gasteiger partial charge in [-0.1, -0.05) is 91.0 Å². The van der Waals surface area contributed by atoms with E-state index in [1.54, 1.807) is 0 Å². The first-order valence-corrected chi connectivity index (χ1v) is 10.9. The number of ether oxygens (including phenoxy) is 4. The fourth-order valence-corrected chi connectivity index (χ4v) is 3.88. The van der Waals surface area contributed by atoms with Crippen LogP contribution in [0.2, 0.25) is 0 Å². The largest absolute Gasteiger partial charge is 0.374 e. The smallest absolute Gasteiger partial charge is 0.115 e. The van der Waals surface area contributed by atoms with Crippen LogP contribution >= 0.6 is 0 Å². The van der Waals surface area contributed by atoms with Gasteiger partial charge in [-0.05, 0) is 23.6 Å². The Labute approximate surface area is 184 Å². The molecule has 0 saturated carbocycles. The van der Waals surface area contributed by atoms with Gasteiger partial charge in [0.05, 0.1) is 32.5 Å². The number of hydrogen-bond acceptors (Lipinski definition) is 4. The summed E-state index contributed by atoms with van der Waals surface area (Å²) in [5, 5.41) is 0. The summed E-state index contributed by atoms with van der Waals surface area (Å²) in [6.45, 7) is 4.11. The van der Waals surface area contributed by atoms with E-state index < -0.39 is 0 Å². The Morgan fingerprint density at radius 2 is 1.06 bits per heavy atom. The standard InChI is InChI=1S/C27H30O4/c1-21-26(29-18-23-13-7-3-8-14-23)27(30-19-24-15-9-4-10-16-24)25(31-21)20-28-17-22-11-5-2-6-12-22/h2-16,21,25-27H,17-20H2,1H3/t21-,25+,26-,27+/m0/s1. The van der Waals surface area contributed by atoms with Crippen molar-refractivity contribution in [1.29, 1.82) is 0 Å². The molecule has 0 aliphatic carbocycles. The second-order valence-electron chi connectivity index (χ2n) is 7.90. The van der Waals surface area contributed by atoms with E-state index in [1.165, 1.54) is 0 Å². The maximum absolute atomic E-state index is 6.35. The molecule has 3 aromatic carbocycles. The van der Waals surface area contributed by atoms with Crippen LogP contribution in [0.25, 0.3) is 0 Å². The number of hydrogen-bond donors (Lipinski definition) is 0. The monoisotopic (exact) mass is 418 g/mol. The minimum atomic E-state index is -0.199. The Morgan fingerprint density at radius 3 is 1.58 bits per heavy atom. The van der Waals surface area contributed by atoms with Crippen LogP contribution in [0.5, 0.6) is 0 Å². The second kappa shape index (κ2) is 11.2. The third-order valence-corrected chi connectivity index (χ3v) is 5.51. The fraction of sp³-hybridized carbons (Fsp3) is 0.333. The molecular formula is C27H30O4. The molecule has 1 aliphatic heterocycles. The lowest BCUT2D eigenvalue weighted by atomic mass is 10.1. The molecule has 0 spiro atoms. The van der Waals surface area contributed by atoms with Crippen LogP contribution in [0.3, 0.4) is 0 Å². The maximum atomic E-state index is 6.35. The normalized spacial score (nSPS) is 23.1. The zero-order valence-electron chi connectivity index (χ0n) is 17.9. The molecule has 0 unspecified atom stereocenters. The topological polar surface area (TPSA) is 36.9 Å². The van der Waals surface area contributed by atoms with Crippen molar-refractivity contribution in [2.45, 2.75) is 51.2 Å². The summed E-state index contributed by atoms with van der Waals surface area (Å²) in [6.07, 6.45) is -0.609. The molecule has 1 heterocycles. The van der Waals surface area contributed by atoms with Gasteiger partial charge in [-0.25, -0.2) is 0 Å². The lowest BCUT2D eigenvalue weighted by molar-refractivity contribution is -0.0897. The Balaban J connectivity index is 1.39. The van der Waals surface area contributed by atoms with Crippen molar-refractivity contribution in [2.24, 2.45) is 0 Å². The van der Waals surface area contributed by atoms with Gasteiger partial charge >= 0.3 is 0 Å². The SMILES string of the molecule is C[C@@H]1O[C@H](COCc2ccccc2)[C@@H](OCc2ccccc2)[C@H]1OCc1ccccc1. The van der Waals surface area contributed by atoms with Gasteiger partial charge < -0.3 is 18.9 Å². The fourth-order valence-electron chi connectivity index (χ4n) is 3.88. The Kier molecular flexibility index (Phi) is 7.86. The third-order valence-electron chi connectivity index (χ3n) is 5.51. The highest BCUT2D eigenvalue weighted by atomic mass is 16.6. The van der Waals surface area contributed by atoms with Gasteiger partial charge in [0, 0.05) is 0 Å². The Bertz CT molecular complexity index is 885. The molecule has 1 saturated heterocycles. The lowest BCUT2D eigenvalue weighted by Gasteiger charge is -2.24. The first-order chi connectivity index (χ1) is 15.3. The molecule has 162 valence electrons. The minimum absolute atomic E-state index is 0.0742. The molecule has 0 bridgehead atoms. The van der Waals surface area contributed by atoms with Crippen LogP contribution in [0.1, 0.15) is 23.6 Å². The highest BCUT2D eigenvalue weighted by Gasteiger charge is 2.44. The molecule has 4 atom stereocenters. The zero-order valence-corrected chi connectivity index (χ0v) is 17.9. The minimum Gasteiger partial charge on any atom is -0.374 e. The highest BCUT2D eigenvalue weighted by Crippen LogP contribution is 2.29. The van der Waals surface area contributed by atoms with Gasteiger partial charge in [0.25, 0.3) is 0 Å². The lowest BCUT2D eigenvalue weighted by Crippen LogP contribution is -2.38. The van der Waals surface area contributed by atoms with E-state index in [4.69, 9.17) is 18.9 Å². The summed E-state index contributed by atoms with van der Waals surface area (Å²) < 4.78 is 24.8. The average molecular weight is 419 g/mol. The van der Waals surface area contributed by atoms with Gasteiger partial charge in [0.2, 0.25) is 0 Å². The van der Waals surface area contributed by atoms with Crippen LogP contribution in [0, 0.1) is 0 Å². The first kappa shape index (κ1) is 21.7. The van der Waals surface area contributed by atoms with Gasteiger partial charge in [-0.2, -0.15) is 0 Å². The van der Waals surface area contributed by atoms with Gasteiger partial charge in [-0.3, -0.25) is 0 Å². The van der Waals surface area contributed by atoms with Crippen LogP contribution < -0.4 is 0 Å². The Morgan fingerprint density at radius 1 is 0.613 bits per heavy atom. The van der Waals surface area contributed by atoms with E-state index in [0.29, 0.717) is 26.4 Å². The average Bonchev–Trinajstić information content (AvgIpc) is 3.12. The summed E-state index contributed by atoms with van der Waals surface area (Å²) in [5.74, 6) is 0. The zero-order chi connectivity index (χ0) is 21.3.